The second-order valence-electron chi connectivity index (χ2n) is 7.05. The van der Waals surface area contributed by atoms with E-state index in [1.807, 2.05) is 43.3 Å². The van der Waals surface area contributed by atoms with Crippen LogP contribution in [0, 0.1) is 6.92 Å². The molecule has 162 valence electrons. The number of benzene rings is 2. The normalized spacial score (nSPS) is 11.5. The van der Waals surface area contributed by atoms with Crippen LogP contribution in [0.2, 0.25) is 0 Å². The summed E-state index contributed by atoms with van der Waals surface area (Å²) in [7, 11) is 0. The maximum Gasteiger partial charge on any atom is 0.288 e. The lowest BCUT2D eigenvalue weighted by Gasteiger charge is -2.12. The molecule has 5 nitrogen and oxygen atoms in total. The molecule has 0 radical (unpaired) electrons. The summed E-state index contributed by atoms with van der Waals surface area (Å²) in [6, 6.07) is 20.0. The van der Waals surface area contributed by atoms with Crippen LogP contribution in [0.5, 0.6) is 0 Å². The van der Waals surface area contributed by atoms with Gasteiger partial charge in [-0.1, -0.05) is 48.2 Å². The highest BCUT2D eigenvalue weighted by atomic mass is 32.2. The average molecular weight is 451 g/mol. The van der Waals surface area contributed by atoms with Crippen LogP contribution in [0.15, 0.2) is 87.6 Å². The molecule has 0 bridgehead atoms. The predicted octanol–water partition coefficient (Wildman–Crippen LogP) is 5.68. The van der Waals surface area contributed by atoms with Crippen molar-refractivity contribution in [3.05, 3.63) is 100.0 Å². The topological polar surface area (TPSA) is 58.8 Å². The number of pyridine rings is 1. The fourth-order valence-corrected chi connectivity index (χ4v) is 3.70. The van der Waals surface area contributed by atoms with Crippen molar-refractivity contribution < 1.29 is 8.78 Å². The summed E-state index contributed by atoms with van der Waals surface area (Å²) in [6.45, 7) is 2.31. The first-order valence-corrected chi connectivity index (χ1v) is 10.8. The summed E-state index contributed by atoms with van der Waals surface area (Å²) in [5.41, 5.74) is 3.10. The van der Waals surface area contributed by atoms with Gasteiger partial charge in [0, 0.05) is 23.0 Å². The van der Waals surface area contributed by atoms with E-state index in [0.29, 0.717) is 45.9 Å². The number of alkyl halides is 2. The summed E-state index contributed by atoms with van der Waals surface area (Å²) in [5.74, 6) is -2.12. The molecule has 0 saturated heterocycles. The Morgan fingerprint density at radius 2 is 1.84 bits per heavy atom. The smallest absolute Gasteiger partial charge is 0.288 e. The van der Waals surface area contributed by atoms with E-state index in [1.54, 1.807) is 36.5 Å². The molecule has 0 atom stereocenters. The molecule has 8 heteroatoms. The van der Waals surface area contributed by atoms with Crippen LogP contribution < -0.4 is 10.9 Å². The van der Waals surface area contributed by atoms with E-state index in [2.05, 4.69) is 15.3 Å². The number of fused-ring (bicyclic) bond motifs is 1. The van der Waals surface area contributed by atoms with Gasteiger partial charge in [0.1, 0.15) is 17.0 Å². The van der Waals surface area contributed by atoms with Gasteiger partial charge in [0.25, 0.3) is 11.3 Å². The maximum atomic E-state index is 13.2. The zero-order valence-electron chi connectivity index (χ0n) is 17.2. The SMILES string of the molecule is Cc1cccn2c(=O)c(C=NCc3ccccc3)c(Nc3ccc(SC(F)F)cc3)nc12. The number of hydrogen-bond donors (Lipinski definition) is 1. The molecular weight excluding hydrogens is 430 g/mol. The van der Waals surface area contributed by atoms with Crippen molar-refractivity contribution in [3.63, 3.8) is 0 Å². The van der Waals surface area contributed by atoms with Gasteiger partial charge >= 0.3 is 0 Å². The Labute approximate surface area is 187 Å². The van der Waals surface area contributed by atoms with Crippen molar-refractivity contribution in [3.8, 4) is 0 Å². The molecular formula is C24H20F2N4OS. The van der Waals surface area contributed by atoms with E-state index in [4.69, 9.17) is 0 Å². The van der Waals surface area contributed by atoms with E-state index in [9.17, 15) is 13.6 Å². The molecule has 4 aromatic rings. The summed E-state index contributed by atoms with van der Waals surface area (Å²) in [5, 5.41) is 3.15. The summed E-state index contributed by atoms with van der Waals surface area (Å²) < 4.78 is 26.6. The van der Waals surface area contributed by atoms with Crippen LogP contribution >= 0.6 is 11.8 Å². The molecule has 0 aliphatic heterocycles. The van der Waals surface area contributed by atoms with E-state index in [0.717, 1.165) is 11.1 Å². The minimum absolute atomic E-state index is 0.247. The third kappa shape index (κ3) is 5.03. The van der Waals surface area contributed by atoms with E-state index in [1.165, 1.54) is 10.6 Å². The lowest BCUT2D eigenvalue weighted by Crippen LogP contribution is -2.22. The number of halogens is 2. The molecule has 0 aliphatic carbocycles. The van der Waals surface area contributed by atoms with Gasteiger partial charge in [0.2, 0.25) is 0 Å². The first kappa shape index (κ1) is 21.7. The third-order valence-electron chi connectivity index (χ3n) is 4.76. The van der Waals surface area contributed by atoms with Crippen LogP contribution in [-0.2, 0) is 6.54 Å². The van der Waals surface area contributed by atoms with Crippen LogP contribution in [0.3, 0.4) is 0 Å². The second kappa shape index (κ2) is 9.74. The standard InChI is InChI=1S/C24H20F2N4OS/c1-16-6-5-13-30-22(16)29-21(28-18-9-11-19(12-10-18)32-24(25)26)20(23(30)31)15-27-14-17-7-3-2-4-8-17/h2-13,15,24,28H,14H2,1H3. The zero-order valence-corrected chi connectivity index (χ0v) is 18.0. The molecule has 1 N–H and O–H groups in total. The maximum absolute atomic E-state index is 13.2. The molecule has 0 fully saturated rings. The van der Waals surface area contributed by atoms with Crippen molar-refractivity contribution in [1.29, 1.82) is 0 Å². The van der Waals surface area contributed by atoms with E-state index >= 15 is 0 Å². The molecule has 0 spiro atoms. The van der Waals surface area contributed by atoms with Crippen LogP contribution in [0.1, 0.15) is 16.7 Å². The summed E-state index contributed by atoms with van der Waals surface area (Å²) in [6.07, 6.45) is 3.20. The van der Waals surface area contributed by atoms with Gasteiger partial charge in [-0.3, -0.25) is 14.2 Å². The minimum Gasteiger partial charge on any atom is -0.339 e. The first-order chi connectivity index (χ1) is 15.5. The fourth-order valence-electron chi connectivity index (χ4n) is 3.21. The van der Waals surface area contributed by atoms with Gasteiger partial charge in [-0.05, 0) is 48.4 Å². The number of thioether (sulfide) groups is 1. The number of nitrogens with one attached hydrogen (secondary N) is 1. The molecule has 0 saturated carbocycles. The number of hydrogen-bond acceptors (Lipinski definition) is 5. The lowest BCUT2D eigenvalue weighted by molar-refractivity contribution is 0.252. The monoisotopic (exact) mass is 450 g/mol. The number of aliphatic imine (C=N–C) groups is 1. The predicted molar refractivity (Wildman–Crippen MR) is 126 cm³/mol. The van der Waals surface area contributed by atoms with Gasteiger partial charge in [-0.15, -0.1) is 0 Å². The van der Waals surface area contributed by atoms with Crippen molar-refractivity contribution in [2.45, 2.75) is 24.1 Å². The van der Waals surface area contributed by atoms with Gasteiger partial charge in [0.15, 0.2) is 0 Å². The van der Waals surface area contributed by atoms with Gasteiger partial charge in [-0.2, -0.15) is 8.78 Å². The Morgan fingerprint density at radius 1 is 1.09 bits per heavy atom. The van der Waals surface area contributed by atoms with Crippen LogP contribution in [0.4, 0.5) is 20.3 Å². The Balaban J connectivity index is 1.71. The first-order valence-electron chi connectivity index (χ1n) is 9.89. The van der Waals surface area contributed by atoms with Gasteiger partial charge in [-0.25, -0.2) is 4.98 Å². The average Bonchev–Trinajstić information content (AvgIpc) is 2.78. The molecule has 2 aromatic heterocycles. The highest BCUT2D eigenvalue weighted by molar-refractivity contribution is 7.99. The molecule has 0 amide bonds. The van der Waals surface area contributed by atoms with Crippen molar-refractivity contribution in [2.75, 3.05) is 5.32 Å². The lowest BCUT2D eigenvalue weighted by atomic mass is 10.2. The Hall–Kier alpha value is -3.52. The number of rotatable bonds is 7. The number of anilines is 2. The van der Waals surface area contributed by atoms with Crippen LogP contribution in [0.25, 0.3) is 5.65 Å². The summed E-state index contributed by atoms with van der Waals surface area (Å²) in [4.78, 5) is 22.8. The third-order valence-corrected chi connectivity index (χ3v) is 5.49. The number of aryl methyl sites for hydroxylation is 1. The Kier molecular flexibility index (Phi) is 6.61. The molecule has 4 rings (SSSR count). The number of aromatic nitrogens is 2. The zero-order chi connectivity index (χ0) is 22.5. The largest absolute Gasteiger partial charge is 0.339 e. The van der Waals surface area contributed by atoms with Gasteiger partial charge in [0.05, 0.1) is 6.54 Å². The molecule has 0 aliphatic rings. The van der Waals surface area contributed by atoms with Crippen molar-refractivity contribution >= 4 is 35.1 Å². The molecule has 2 aromatic carbocycles. The minimum atomic E-state index is -2.48. The molecule has 2 heterocycles. The van der Waals surface area contributed by atoms with Crippen LogP contribution in [-0.4, -0.2) is 21.4 Å². The van der Waals surface area contributed by atoms with E-state index in [-0.39, 0.29) is 5.56 Å². The van der Waals surface area contributed by atoms with Gasteiger partial charge < -0.3 is 5.32 Å². The summed E-state index contributed by atoms with van der Waals surface area (Å²) >= 11 is 0.481. The highest BCUT2D eigenvalue weighted by Crippen LogP contribution is 2.27. The fraction of sp³-hybridized carbons (Fsp3) is 0.125. The Morgan fingerprint density at radius 3 is 2.56 bits per heavy atom. The Bertz CT molecular complexity index is 1310. The van der Waals surface area contributed by atoms with Crippen molar-refractivity contribution in [1.82, 2.24) is 9.38 Å². The highest BCUT2D eigenvalue weighted by Gasteiger charge is 2.13. The second-order valence-corrected chi connectivity index (χ2v) is 8.11. The van der Waals surface area contributed by atoms with Crippen molar-refractivity contribution in [2.24, 2.45) is 4.99 Å². The number of nitrogens with zero attached hydrogens (tertiary/aromatic N) is 3. The molecule has 32 heavy (non-hydrogen) atoms. The van der Waals surface area contributed by atoms with E-state index < -0.39 is 5.76 Å². The quantitative estimate of drug-likeness (QED) is 0.291. The molecule has 0 unspecified atom stereocenters.